The topological polar surface area (TPSA) is 100 Å². The van der Waals surface area contributed by atoms with Crippen LogP contribution in [0.5, 0.6) is 11.5 Å². The average molecular weight is 367 g/mol. The number of hydrogen-bond acceptors (Lipinski definition) is 5. The van der Waals surface area contributed by atoms with Crippen LogP contribution in [-0.2, 0) is 9.59 Å². The van der Waals surface area contributed by atoms with Gasteiger partial charge in [-0.25, -0.2) is 0 Å². The second-order valence-corrected chi connectivity index (χ2v) is 5.71. The minimum atomic E-state index is -0.785. The van der Waals surface area contributed by atoms with Crippen molar-refractivity contribution in [2.45, 2.75) is 26.9 Å². The molecule has 2 N–H and O–H groups in total. The smallest absolute Gasteiger partial charge is 0.265 e. The van der Waals surface area contributed by atoms with E-state index in [4.69, 9.17) is 14.7 Å². The quantitative estimate of drug-likeness (QED) is 0.782. The lowest BCUT2D eigenvalue weighted by atomic mass is 10.2. The molecule has 7 heteroatoms. The van der Waals surface area contributed by atoms with Crippen LogP contribution in [-0.4, -0.2) is 24.5 Å². The van der Waals surface area contributed by atoms with Crippen molar-refractivity contribution in [3.8, 4) is 17.6 Å². The van der Waals surface area contributed by atoms with Gasteiger partial charge in [0.2, 0.25) is 5.91 Å². The Hall–Kier alpha value is -3.53. The van der Waals surface area contributed by atoms with Crippen molar-refractivity contribution in [2.24, 2.45) is 0 Å². The maximum absolute atomic E-state index is 12.4. The summed E-state index contributed by atoms with van der Waals surface area (Å²) in [5.41, 5.74) is 1.67. The predicted octanol–water partition coefficient (Wildman–Crippen LogP) is 3.32. The van der Waals surface area contributed by atoms with Crippen LogP contribution < -0.4 is 20.1 Å². The molecule has 0 spiro atoms. The van der Waals surface area contributed by atoms with Crippen molar-refractivity contribution in [1.82, 2.24) is 0 Å². The van der Waals surface area contributed by atoms with Gasteiger partial charge in [-0.3, -0.25) is 9.59 Å². The number of carbonyl (C=O) groups is 2. The highest BCUT2D eigenvalue weighted by molar-refractivity contribution is 5.94. The fourth-order valence-electron chi connectivity index (χ4n) is 2.27. The fourth-order valence-corrected chi connectivity index (χ4v) is 2.27. The number of hydrogen-bond donors (Lipinski definition) is 2. The van der Waals surface area contributed by atoms with Crippen LogP contribution in [0.3, 0.4) is 0 Å². The van der Waals surface area contributed by atoms with Gasteiger partial charge in [-0.05, 0) is 50.2 Å². The van der Waals surface area contributed by atoms with Crippen molar-refractivity contribution in [2.75, 3.05) is 17.2 Å². The van der Waals surface area contributed by atoms with Crippen molar-refractivity contribution < 1.29 is 19.1 Å². The van der Waals surface area contributed by atoms with Gasteiger partial charge in [0.05, 0.1) is 18.2 Å². The third-order valence-electron chi connectivity index (χ3n) is 3.52. The molecule has 2 amide bonds. The highest BCUT2D eigenvalue weighted by Gasteiger charge is 2.17. The molecule has 0 aliphatic rings. The van der Waals surface area contributed by atoms with E-state index in [1.807, 2.05) is 13.0 Å². The zero-order chi connectivity index (χ0) is 19.8. The SMILES string of the molecule is CCOc1cc(C#N)ccc1O[C@@H](C)C(=O)Nc1ccc(NC(C)=O)cc1. The summed E-state index contributed by atoms with van der Waals surface area (Å²) < 4.78 is 11.2. The molecule has 0 aliphatic heterocycles. The maximum atomic E-state index is 12.4. The van der Waals surface area contributed by atoms with Gasteiger partial charge in [-0.15, -0.1) is 0 Å². The van der Waals surface area contributed by atoms with Crippen LogP contribution in [0, 0.1) is 11.3 Å². The van der Waals surface area contributed by atoms with E-state index in [1.165, 1.54) is 6.92 Å². The summed E-state index contributed by atoms with van der Waals surface area (Å²) in [4.78, 5) is 23.4. The van der Waals surface area contributed by atoms with E-state index in [1.54, 1.807) is 49.4 Å². The van der Waals surface area contributed by atoms with Gasteiger partial charge in [0, 0.05) is 24.4 Å². The number of nitriles is 1. The van der Waals surface area contributed by atoms with Crippen LogP contribution in [0.4, 0.5) is 11.4 Å². The summed E-state index contributed by atoms with van der Waals surface area (Å²) in [6.07, 6.45) is -0.785. The molecule has 7 nitrogen and oxygen atoms in total. The molecule has 0 radical (unpaired) electrons. The number of anilines is 2. The highest BCUT2D eigenvalue weighted by atomic mass is 16.5. The van der Waals surface area contributed by atoms with Crippen LogP contribution in [0.25, 0.3) is 0 Å². The first-order chi connectivity index (χ1) is 12.9. The monoisotopic (exact) mass is 367 g/mol. The second-order valence-electron chi connectivity index (χ2n) is 5.71. The Balaban J connectivity index is 2.03. The molecular formula is C20H21N3O4. The summed E-state index contributed by atoms with van der Waals surface area (Å²) in [7, 11) is 0. The minimum absolute atomic E-state index is 0.165. The van der Waals surface area contributed by atoms with Gasteiger partial charge in [0.25, 0.3) is 5.91 Å². The van der Waals surface area contributed by atoms with E-state index in [0.717, 1.165) is 0 Å². The molecule has 27 heavy (non-hydrogen) atoms. The molecule has 2 rings (SSSR count). The zero-order valence-electron chi connectivity index (χ0n) is 15.4. The van der Waals surface area contributed by atoms with E-state index in [-0.39, 0.29) is 11.8 Å². The molecule has 0 saturated heterocycles. The Labute approximate surface area is 157 Å². The highest BCUT2D eigenvalue weighted by Crippen LogP contribution is 2.29. The number of nitrogens with one attached hydrogen (secondary N) is 2. The summed E-state index contributed by atoms with van der Waals surface area (Å²) in [6.45, 7) is 5.28. The Morgan fingerprint density at radius 1 is 1.07 bits per heavy atom. The van der Waals surface area contributed by atoms with Crippen LogP contribution >= 0.6 is 0 Å². The molecule has 0 heterocycles. The second kappa shape index (κ2) is 9.25. The Morgan fingerprint density at radius 3 is 2.26 bits per heavy atom. The number of benzene rings is 2. The van der Waals surface area contributed by atoms with Crippen molar-refractivity contribution in [3.63, 3.8) is 0 Å². The van der Waals surface area contributed by atoms with Crippen molar-refractivity contribution >= 4 is 23.2 Å². The molecule has 140 valence electrons. The van der Waals surface area contributed by atoms with Gasteiger partial charge >= 0.3 is 0 Å². The number of carbonyl (C=O) groups excluding carboxylic acids is 2. The lowest BCUT2D eigenvalue weighted by molar-refractivity contribution is -0.122. The predicted molar refractivity (Wildman–Crippen MR) is 102 cm³/mol. The lowest BCUT2D eigenvalue weighted by Crippen LogP contribution is -2.30. The molecule has 0 bridgehead atoms. The Kier molecular flexibility index (Phi) is 6.78. The van der Waals surface area contributed by atoms with E-state index >= 15 is 0 Å². The molecule has 2 aromatic rings. The summed E-state index contributed by atoms with van der Waals surface area (Å²) in [5, 5.41) is 14.4. The van der Waals surface area contributed by atoms with Gasteiger partial charge in [-0.1, -0.05) is 0 Å². The molecule has 2 aromatic carbocycles. The van der Waals surface area contributed by atoms with E-state index < -0.39 is 6.10 Å². The normalized spacial score (nSPS) is 11.0. The van der Waals surface area contributed by atoms with Gasteiger partial charge < -0.3 is 20.1 Å². The van der Waals surface area contributed by atoms with Crippen molar-refractivity contribution in [1.29, 1.82) is 5.26 Å². The largest absolute Gasteiger partial charge is 0.490 e. The first kappa shape index (κ1) is 19.8. The van der Waals surface area contributed by atoms with Crippen LogP contribution in [0.1, 0.15) is 26.3 Å². The van der Waals surface area contributed by atoms with Gasteiger partial charge in [0.1, 0.15) is 0 Å². The summed E-state index contributed by atoms with van der Waals surface area (Å²) >= 11 is 0. The van der Waals surface area contributed by atoms with Gasteiger partial charge in [0.15, 0.2) is 17.6 Å². The Morgan fingerprint density at radius 2 is 1.70 bits per heavy atom. The van der Waals surface area contributed by atoms with Crippen molar-refractivity contribution in [3.05, 3.63) is 48.0 Å². The summed E-state index contributed by atoms with van der Waals surface area (Å²) in [6, 6.07) is 13.6. The van der Waals surface area contributed by atoms with E-state index in [0.29, 0.717) is 35.0 Å². The molecular weight excluding hydrogens is 346 g/mol. The van der Waals surface area contributed by atoms with Crippen LogP contribution in [0.15, 0.2) is 42.5 Å². The molecule has 0 saturated carbocycles. The third kappa shape index (κ3) is 5.75. The summed E-state index contributed by atoms with van der Waals surface area (Å²) in [5.74, 6) is 0.297. The fraction of sp³-hybridized carbons (Fsp3) is 0.250. The lowest BCUT2D eigenvalue weighted by Gasteiger charge is -2.17. The minimum Gasteiger partial charge on any atom is -0.490 e. The first-order valence-corrected chi connectivity index (χ1v) is 8.45. The number of rotatable bonds is 7. The van der Waals surface area contributed by atoms with Crippen LogP contribution in [0.2, 0.25) is 0 Å². The zero-order valence-corrected chi connectivity index (χ0v) is 15.4. The van der Waals surface area contributed by atoms with E-state index in [2.05, 4.69) is 10.6 Å². The number of amides is 2. The number of nitrogens with zero attached hydrogens (tertiary/aromatic N) is 1. The average Bonchev–Trinajstić information content (AvgIpc) is 2.64. The standard InChI is InChI=1S/C20H21N3O4/c1-4-26-19-11-15(12-21)5-10-18(19)27-13(2)20(25)23-17-8-6-16(7-9-17)22-14(3)24/h5-11,13H,4H2,1-3H3,(H,22,24)(H,23,25)/t13-/m0/s1. The van der Waals surface area contributed by atoms with Gasteiger partial charge in [-0.2, -0.15) is 5.26 Å². The molecule has 0 aromatic heterocycles. The van der Waals surface area contributed by atoms with E-state index in [9.17, 15) is 9.59 Å². The molecule has 0 aliphatic carbocycles. The molecule has 0 fully saturated rings. The Bertz CT molecular complexity index is 857. The number of ether oxygens (including phenoxy) is 2. The first-order valence-electron chi connectivity index (χ1n) is 8.45. The third-order valence-corrected chi connectivity index (χ3v) is 3.52. The molecule has 1 atom stereocenters. The maximum Gasteiger partial charge on any atom is 0.265 e. The molecule has 0 unspecified atom stereocenters.